The van der Waals surface area contributed by atoms with E-state index in [1.54, 1.807) is 6.92 Å². The van der Waals surface area contributed by atoms with E-state index in [-0.39, 0.29) is 12.6 Å². The fourth-order valence-electron chi connectivity index (χ4n) is 8.38. The maximum Gasteiger partial charge on any atom is 0.360 e. The van der Waals surface area contributed by atoms with Gasteiger partial charge in [0.25, 0.3) is 0 Å². The van der Waals surface area contributed by atoms with Crippen LogP contribution in [-0.4, -0.2) is 85.6 Å². The van der Waals surface area contributed by atoms with Gasteiger partial charge in [0.05, 0.1) is 24.5 Å². The molecule has 2 aliphatic carbocycles. The first-order valence-corrected chi connectivity index (χ1v) is 37.8. The number of ether oxygens (including phenoxy) is 2. The van der Waals surface area contributed by atoms with Crippen LogP contribution >= 0.6 is 6.92 Å². The van der Waals surface area contributed by atoms with E-state index in [2.05, 4.69) is 39.3 Å². The highest BCUT2D eigenvalue weighted by atomic mass is 32.9. The van der Waals surface area contributed by atoms with Crippen LogP contribution in [0.1, 0.15) is 85.0 Å². The molecule has 0 aliphatic heterocycles. The quantitative estimate of drug-likeness (QED) is 0.0603. The van der Waals surface area contributed by atoms with Gasteiger partial charge >= 0.3 is 38.3 Å². The Morgan fingerprint density at radius 2 is 1.24 bits per heavy atom. The highest BCUT2D eigenvalue weighted by Crippen LogP contribution is 2.43. The van der Waals surface area contributed by atoms with Crippen molar-refractivity contribution in [3.05, 3.63) is 0 Å². The van der Waals surface area contributed by atoms with E-state index in [1.807, 2.05) is 33.5 Å². The molecule has 0 aromatic heterocycles. The normalized spacial score (nSPS) is 25.5. The Labute approximate surface area is 343 Å². The number of carbonyl (C=O) groups is 2. The van der Waals surface area contributed by atoms with Gasteiger partial charge < -0.3 is 35.9 Å². The van der Waals surface area contributed by atoms with Crippen molar-refractivity contribution in [1.82, 2.24) is 0 Å². The number of carbonyl (C=O) groups excluding carboxylic acids is 2. The van der Waals surface area contributed by atoms with Crippen molar-refractivity contribution < 1.29 is 45.5 Å². The Balaban J connectivity index is 2.00. The molecule has 0 amide bonds. The van der Waals surface area contributed by atoms with Crippen LogP contribution in [0.4, 0.5) is 0 Å². The van der Waals surface area contributed by atoms with Gasteiger partial charge in [0.15, 0.2) is 16.6 Å². The van der Waals surface area contributed by atoms with E-state index >= 15 is 0 Å². The highest BCUT2D eigenvalue weighted by molar-refractivity contribution is 8.33. The van der Waals surface area contributed by atoms with Crippen LogP contribution in [0.5, 0.6) is 0 Å². The second kappa shape index (κ2) is 23.3. The Morgan fingerprint density at radius 3 is 1.70 bits per heavy atom. The van der Waals surface area contributed by atoms with Crippen LogP contribution in [0.2, 0.25) is 71.0 Å². The maximum atomic E-state index is 13.5. The lowest BCUT2D eigenvalue weighted by molar-refractivity contribution is -0.152. The molecule has 2 rings (SSSR count). The van der Waals surface area contributed by atoms with Crippen molar-refractivity contribution in [2.75, 3.05) is 19.4 Å². The molecule has 6 unspecified atom stereocenters. The third-order valence-electron chi connectivity index (χ3n) is 10.4. The fraction of sp³-hybridized carbons (Fsp3) is 0.944. The van der Waals surface area contributed by atoms with Gasteiger partial charge in [0, 0.05) is 23.3 Å². The van der Waals surface area contributed by atoms with Crippen LogP contribution in [0.15, 0.2) is 0 Å². The van der Waals surface area contributed by atoms with Crippen LogP contribution in [0, 0.1) is 35.5 Å². The Morgan fingerprint density at radius 1 is 0.759 bits per heavy atom. The molecule has 0 bridgehead atoms. The molecule has 0 saturated heterocycles. The topological polar surface area (TPSA) is 133 Å². The summed E-state index contributed by atoms with van der Waals surface area (Å²) in [6.45, 7) is 23.1. The van der Waals surface area contributed by atoms with Crippen molar-refractivity contribution in [2.24, 2.45) is 35.5 Å². The van der Waals surface area contributed by atoms with Crippen molar-refractivity contribution >= 4 is 82.6 Å². The molecule has 54 heavy (non-hydrogen) atoms. The number of esters is 2. The monoisotopic (exact) mass is 901 g/mol. The summed E-state index contributed by atoms with van der Waals surface area (Å²) < 4.78 is 38.4. The molecule has 0 aromatic rings. The molecular weight excluding hydrogens is 828 g/mol. The molecule has 2 fully saturated rings. The second-order valence-corrected chi connectivity index (χ2v) is 40.8. The molecule has 315 valence electrons. The second-order valence-electron chi connectivity index (χ2n) is 18.5. The Kier molecular flexibility index (Phi) is 21.9. The number of aliphatic hydroxyl groups excluding tert-OH is 1. The zero-order chi connectivity index (χ0) is 40.9. The molecule has 1 N–H and O–H groups in total. The Hall–Kier alpha value is 0.524. The lowest BCUT2D eigenvalue weighted by Gasteiger charge is -2.42. The Bertz CT molecular complexity index is 1220. The number of hydrogen-bond donors (Lipinski definition) is 1. The van der Waals surface area contributed by atoms with Crippen molar-refractivity contribution in [3.8, 4) is 0 Å². The van der Waals surface area contributed by atoms with Crippen molar-refractivity contribution in [3.63, 3.8) is 0 Å². The van der Waals surface area contributed by atoms with Crippen molar-refractivity contribution in [2.45, 2.75) is 162 Å². The summed E-state index contributed by atoms with van der Waals surface area (Å²) in [7, 11) is -10.9. The van der Waals surface area contributed by atoms with Gasteiger partial charge in [0.1, 0.15) is 29.2 Å². The third-order valence-corrected chi connectivity index (χ3v) is 30.6. The summed E-state index contributed by atoms with van der Waals surface area (Å²) in [5, 5.41) is 9.65. The standard InChI is InChI=1S/C36H74O10PS2Si5/c1-28(35(38)41-23-21-31-13-17-33(18-14-31)34-19-15-32(16-20-34)22-24-47(40)49-48)26-53(11,44-50(4)43-51(5,6)7)46-54(12,45-52(8,9)10)27-29(2)36(39)42-25-30(3)37/h28-34,37H,13-27H2,1-12H3. The fourth-order valence-corrected chi connectivity index (χ4v) is 30.5. The first-order valence-electron chi connectivity index (χ1n) is 20.3. The molecule has 10 nitrogen and oxygen atoms in total. The molecule has 2 saturated carbocycles. The zero-order valence-electron chi connectivity index (χ0n) is 35.5. The first-order chi connectivity index (χ1) is 24.9. The first kappa shape index (κ1) is 50.7. The largest absolute Gasteiger partial charge is 0.620 e. The average molecular weight is 903 g/mol. The van der Waals surface area contributed by atoms with Gasteiger partial charge in [-0.25, -0.2) is 0 Å². The molecule has 6 atom stereocenters. The van der Waals surface area contributed by atoms with Crippen LogP contribution in [0.3, 0.4) is 0 Å². The van der Waals surface area contributed by atoms with Gasteiger partial charge in [-0.15, -0.1) is 0 Å². The van der Waals surface area contributed by atoms with E-state index in [0.717, 1.165) is 40.3 Å². The van der Waals surface area contributed by atoms with Gasteiger partial charge in [-0.1, -0.05) is 39.5 Å². The summed E-state index contributed by atoms with van der Waals surface area (Å²) in [4.78, 5) is 38.2. The third kappa shape index (κ3) is 20.5. The van der Waals surface area contributed by atoms with Gasteiger partial charge in [-0.2, -0.15) is 0 Å². The zero-order valence-corrected chi connectivity index (χ0v) is 43.1. The minimum Gasteiger partial charge on any atom is -0.620 e. The SMILES string of the molecule is CC(O)COC(=O)C(C)C[Si](C)(O[Si](C)(C)C)O[Si](C)(CC(C)C(=O)OCCC1CCC(C2CCC(CC[P+]([O-])=S=S)CC2)CC1)O[Si](C)O[Si](C)(C)C. The molecule has 2 aliphatic rings. The molecule has 0 heterocycles. The minimum absolute atomic E-state index is 0.0624. The molecular formula is C36H74O10PS2Si5. The van der Waals surface area contributed by atoms with E-state index in [1.165, 1.54) is 51.4 Å². The van der Waals surface area contributed by atoms with E-state index in [9.17, 15) is 19.6 Å². The molecule has 18 heteroatoms. The predicted molar refractivity (Wildman–Crippen MR) is 234 cm³/mol. The van der Waals surface area contributed by atoms with E-state index < -0.39 is 73.9 Å². The number of hydrogen-bond acceptors (Lipinski definition) is 11. The van der Waals surface area contributed by atoms with Crippen LogP contribution in [0.25, 0.3) is 0 Å². The lowest BCUT2D eigenvalue weighted by Crippen LogP contribution is -2.59. The highest BCUT2D eigenvalue weighted by Gasteiger charge is 2.49. The van der Waals surface area contributed by atoms with Gasteiger partial charge in [-0.3, -0.25) is 9.59 Å². The number of rotatable bonds is 23. The molecule has 0 aromatic carbocycles. The van der Waals surface area contributed by atoms with Crippen molar-refractivity contribution in [1.29, 1.82) is 0 Å². The van der Waals surface area contributed by atoms with Crippen LogP contribution < -0.4 is 4.89 Å². The van der Waals surface area contributed by atoms with E-state index in [4.69, 9.17) is 37.1 Å². The summed E-state index contributed by atoms with van der Waals surface area (Å²) in [5.74, 6) is 1.35. The minimum atomic E-state index is -3.13. The predicted octanol–water partition coefficient (Wildman–Crippen LogP) is 8.33. The van der Waals surface area contributed by atoms with Gasteiger partial charge in [0.2, 0.25) is 0 Å². The summed E-state index contributed by atoms with van der Waals surface area (Å²) >= 11 is 4.89. The maximum absolute atomic E-state index is 13.5. The smallest absolute Gasteiger partial charge is 0.360 e. The average Bonchev–Trinajstić information content (AvgIpc) is 3.04. The summed E-state index contributed by atoms with van der Waals surface area (Å²) in [6.07, 6.45) is 12.0. The van der Waals surface area contributed by atoms with E-state index in [0.29, 0.717) is 30.5 Å². The summed E-state index contributed by atoms with van der Waals surface area (Å²) in [5.41, 5.74) is 0. The molecule has 1 radical (unpaired) electrons. The van der Waals surface area contributed by atoms with Gasteiger partial charge in [-0.05, 0) is 128 Å². The summed E-state index contributed by atoms with van der Waals surface area (Å²) in [6, 6.07) is 0.754. The molecule has 0 spiro atoms. The number of aliphatic hydroxyl groups is 1. The van der Waals surface area contributed by atoms with Crippen LogP contribution in [-0.2, 0) is 56.2 Å². The lowest BCUT2D eigenvalue weighted by atomic mass is 9.68.